The van der Waals surface area contributed by atoms with Crippen molar-refractivity contribution in [2.45, 2.75) is 32.7 Å². The van der Waals surface area contributed by atoms with Crippen LogP contribution in [0.2, 0.25) is 0 Å². The molecule has 0 aromatic carbocycles. The molecule has 2 saturated heterocycles. The molecule has 2 aliphatic heterocycles. The number of nitrogens with zero attached hydrogens (tertiary/aromatic N) is 5. The summed E-state index contributed by atoms with van der Waals surface area (Å²) >= 11 is 1.23. The van der Waals surface area contributed by atoms with Gasteiger partial charge >= 0.3 is 0 Å². The molecule has 0 bridgehead atoms. The molecule has 1 atom stereocenters. The molecule has 8 heteroatoms. The van der Waals surface area contributed by atoms with Crippen molar-refractivity contribution in [2.24, 2.45) is 5.41 Å². The van der Waals surface area contributed by atoms with E-state index in [0.717, 1.165) is 36.2 Å². The monoisotopic (exact) mass is 371 g/mol. The third-order valence-electron chi connectivity index (χ3n) is 5.42. The number of carbonyl (C=O) groups excluding carboxylic acids is 2. The normalized spacial score (nSPS) is 23.0. The van der Waals surface area contributed by atoms with Crippen LogP contribution in [0.15, 0.2) is 24.5 Å². The quantitative estimate of drug-likeness (QED) is 0.823. The SMILES string of the molecule is Cc1snnc1C(=O)N1CCC[C@@]2(CCN(Cc3cccnc3)C2=O)C1. The highest BCUT2D eigenvalue weighted by Crippen LogP contribution is 2.41. The summed E-state index contributed by atoms with van der Waals surface area (Å²) in [6.45, 7) is 4.32. The van der Waals surface area contributed by atoms with E-state index in [1.165, 1.54) is 11.5 Å². The first-order valence-corrected chi connectivity index (χ1v) is 9.63. The van der Waals surface area contributed by atoms with Gasteiger partial charge in [0.05, 0.1) is 10.3 Å². The van der Waals surface area contributed by atoms with E-state index in [-0.39, 0.29) is 11.8 Å². The second kappa shape index (κ2) is 6.75. The molecule has 0 saturated carbocycles. The number of aromatic nitrogens is 3. The van der Waals surface area contributed by atoms with Gasteiger partial charge in [-0.25, -0.2) is 0 Å². The smallest absolute Gasteiger partial charge is 0.275 e. The highest BCUT2D eigenvalue weighted by atomic mass is 32.1. The molecule has 2 fully saturated rings. The van der Waals surface area contributed by atoms with Gasteiger partial charge in [-0.3, -0.25) is 14.6 Å². The maximum absolute atomic E-state index is 13.1. The predicted octanol–water partition coefficient (Wildman–Crippen LogP) is 1.90. The van der Waals surface area contributed by atoms with Crippen molar-refractivity contribution in [1.82, 2.24) is 24.4 Å². The Morgan fingerprint density at radius 2 is 2.23 bits per heavy atom. The summed E-state index contributed by atoms with van der Waals surface area (Å²) in [6, 6.07) is 3.87. The van der Waals surface area contributed by atoms with Gasteiger partial charge in [0, 0.05) is 38.6 Å². The van der Waals surface area contributed by atoms with Crippen molar-refractivity contribution < 1.29 is 9.59 Å². The van der Waals surface area contributed by atoms with Gasteiger partial charge in [-0.05, 0) is 49.3 Å². The second-order valence-corrected chi connectivity index (χ2v) is 8.08. The lowest BCUT2D eigenvalue weighted by molar-refractivity contribution is -0.138. The molecule has 2 amide bonds. The Morgan fingerprint density at radius 1 is 1.35 bits per heavy atom. The van der Waals surface area contributed by atoms with Crippen LogP contribution in [0.1, 0.15) is 40.2 Å². The van der Waals surface area contributed by atoms with Crippen LogP contribution < -0.4 is 0 Å². The molecule has 1 spiro atoms. The standard InChI is InChI=1S/C18H21N5O2S/c1-13-15(20-21-26-13)16(24)23-8-3-5-18(12-23)6-9-22(17(18)25)11-14-4-2-7-19-10-14/h2,4,7,10H,3,5-6,8-9,11-12H2,1H3/t18-/m1/s1. The second-order valence-electron chi connectivity index (χ2n) is 7.13. The summed E-state index contributed by atoms with van der Waals surface area (Å²) in [7, 11) is 0. The van der Waals surface area contributed by atoms with Gasteiger partial charge in [0.15, 0.2) is 5.69 Å². The maximum Gasteiger partial charge on any atom is 0.275 e. The van der Waals surface area contributed by atoms with Gasteiger partial charge in [0.25, 0.3) is 5.91 Å². The third kappa shape index (κ3) is 2.98. The van der Waals surface area contributed by atoms with E-state index in [1.54, 1.807) is 17.3 Å². The van der Waals surface area contributed by atoms with E-state index in [9.17, 15) is 9.59 Å². The van der Waals surface area contributed by atoms with Gasteiger partial charge in [-0.1, -0.05) is 10.6 Å². The molecule has 0 radical (unpaired) electrons. The molecule has 2 aromatic heterocycles. The number of hydrogen-bond acceptors (Lipinski definition) is 6. The van der Waals surface area contributed by atoms with Crippen molar-refractivity contribution in [2.75, 3.05) is 19.6 Å². The van der Waals surface area contributed by atoms with E-state index < -0.39 is 5.41 Å². The van der Waals surface area contributed by atoms with E-state index >= 15 is 0 Å². The zero-order chi connectivity index (χ0) is 18.1. The minimum Gasteiger partial charge on any atom is -0.338 e. The van der Waals surface area contributed by atoms with Crippen molar-refractivity contribution in [3.05, 3.63) is 40.7 Å². The minimum absolute atomic E-state index is 0.103. The molecule has 4 rings (SSSR count). The van der Waals surface area contributed by atoms with Crippen LogP contribution in [0.5, 0.6) is 0 Å². The van der Waals surface area contributed by atoms with Crippen molar-refractivity contribution in [3.63, 3.8) is 0 Å². The van der Waals surface area contributed by atoms with Crippen LogP contribution in [-0.4, -0.2) is 55.8 Å². The molecular weight excluding hydrogens is 350 g/mol. The molecule has 2 aliphatic rings. The first-order valence-electron chi connectivity index (χ1n) is 8.86. The van der Waals surface area contributed by atoms with Crippen LogP contribution in [0.25, 0.3) is 0 Å². The largest absolute Gasteiger partial charge is 0.338 e. The zero-order valence-corrected chi connectivity index (χ0v) is 15.5. The maximum atomic E-state index is 13.1. The van der Waals surface area contributed by atoms with Crippen molar-refractivity contribution in [1.29, 1.82) is 0 Å². The van der Waals surface area contributed by atoms with E-state index in [0.29, 0.717) is 25.3 Å². The number of piperidine rings is 1. The molecule has 2 aromatic rings. The Hall–Kier alpha value is -2.35. The van der Waals surface area contributed by atoms with Crippen LogP contribution in [0.4, 0.5) is 0 Å². The average Bonchev–Trinajstić information content (AvgIpc) is 3.21. The number of aryl methyl sites for hydroxylation is 1. The lowest BCUT2D eigenvalue weighted by Crippen LogP contribution is -2.50. The number of pyridine rings is 1. The first kappa shape index (κ1) is 17.1. The molecule has 0 unspecified atom stereocenters. The summed E-state index contributed by atoms with van der Waals surface area (Å²) in [6.07, 6.45) is 6.01. The summed E-state index contributed by atoms with van der Waals surface area (Å²) in [5.74, 6) is 0.0563. The van der Waals surface area contributed by atoms with Crippen molar-refractivity contribution >= 4 is 23.3 Å². The number of likely N-dealkylation sites (tertiary alicyclic amines) is 2. The molecule has 0 N–H and O–H groups in total. The lowest BCUT2D eigenvalue weighted by atomic mass is 9.78. The Bertz CT molecular complexity index is 824. The number of carbonyl (C=O) groups is 2. The number of rotatable bonds is 3. The Balaban J connectivity index is 1.49. The molecular formula is C18H21N5O2S. The highest BCUT2D eigenvalue weighted by Gasteiger charge is 2.49. The van der Waals surface area contributed by atoms with Crippen LogP contribution in [0, 0.1) is 12.3 Å². The first-order chi connectivity index (χ1) is 12.6. The summed E-state index contributed by atoms with van der Waals surface area (Å²) in [5.41, 5.74) is 1.00. The highest BCUT2D eigenvalue weighted by molar-refractivity contribution is 7.05. The van der Waals surface area contributed by atoms with Crippen LogP contribution in [-0.2, 0) is 11.3 Å². The molecule has 0 aliphatic carbocycles. The molecule has 4 heterocycles. The van der Waals surface area contributed by atoms with Gasteiger partial charge in [0.2, 0.25) is 5.91 Å². The van der Waals surface area contributed by atoms with Gasteiger partial charge in [-0.2, -0.15) is 0 Å². The van der Waals surface area contributed by atoms with E-state index in [1.807, 2.05) is 24.0 Å². The fourth-order valence-electron chi connectivity index (χ4n) is 4.02. The van der Waals surface area contributed by atoms with Gasteiger partial charge in [-0.15, -0.1) is 5.10 Å². The molecule has 7 nitrogen and oxygen atoms in total. The summed E-state index contributed by atoms with van der Waals surface area (Å²) in [5, 5.41) is 3.97. The Kier molecular flexibility index (Phi) is 4.44. The fourth-order valence-corrected chi connectivity index (χ4v) is 4.48. The van der Waals surface area contributed by atoms with Crippen LogP contribution in [0.3, 0.4) is 0 Å². The zero-order valence-electron chi connectivity index (χ0n) is 14.7. The Labute approximate surface area is 156 Å². The fraction of sp³-hybridized carbons (Fsp3) is 0.500. The van der Waals surface area contributed by atoms with Crippen molar-refractivity contribution in [3.8, 4) is 0 Å². The van der Waals surface area contributed by atoms with E-state index in [2.05, 4.69) is 14.6 Å². The van der Waals surface area contributed by atoms with Crippen LogP contribution >= 0.6 is 11.5 Å². The van der Waals surface area contributed by atoms with Gasteiger partial charge in [0.1, 0.15) is 0 Å². The molecule has 26 heavy (non-hydrogen) atoms. The topological polar surface area (TPSA) is 79.3 Å². The van der Waals surface area contributed by atoms with E-state index in [4.69, 9.17) is 0 Å². The minimum atomic E-state index is -0.451. The Morgan fingerprint density at radius 3 is 2.96 bits per heavy atom. The predicted molar refractivity (Wildman–Crippen MR) is 96.5 cm³/mol. The average molecular weight is 371 g/mol. The van der Waals surface area contributed by atoms with Gasteiger partial charge < -0.3 is 9.80 Å². The third-order valence-corrected chi connectivity index (χ3v) is 6.05. The molecule has 136 valence electrons. The number of amides is 2. The summed E-state index contributed by atoms with van der Waals surface area (Å²) < 4.78 is 3.86. The summed E-state index contributed by atoms with van der Waals surface area (Å²) in [4.78, 5) is 34.6. The lowest BCUT2D eigenvalue weighted by Gasteiger charge is -2.38. The number of hydrogen-bond donors (Lipinski definition) is 0.